The van der Waals surface area contributed by atoms with Crippen LogP contribution in [0.4, 0.5) is 0 Å². The average molecular weight is 319 g/mol. The fourth-order valence-corrected chi connectivity index (χ4v) is 3.37. The zero-order chi connectivity index (χ0) is 16.3. The van der Waals surface area contributed by atoms with Crippen LogP contribution >= 0.6 is 0 Å². The molecular weight excluding hydrogens is 298 g/mol. The lowest BCUT2D eigenvalue weighted by Crippen LogP contribution is -2.48. The van der Waals surface area contributed by atoms with Gasteiger partial charge in [0.2, 0.25) is 11.8 Å². The molecule has 2 fully saturated rings. The molecule has 124 valence electrons. The predicted molar refractivity (Wildman–Crippen MR) is 81.0 cm³/mol. The molecule has 1 aromatic heterocycles. The number of aromatic nitrogens is 1. The molecule has 0 aliphatic carbocycles. The van der Waals surface area contributed by atoms with E-state index in [1.54, 1.807) is 17.3 Å². The van der Waals surface area contributed by atoms with E-state index >= 15 is 0 Å². The Hall–Kier alpha value is -1.99. The molecule has 0 saturated carbocycles. The average Bonchev–Trinajstić information content (AvgIpc) is 2.97. The Morgan fingerprint density at radius 3 is 3.09 bits per heavy atom. The second kappa shape index (κ2) is 6.64. The number of fused-ring (bicyclic) bond motifs is 1. The fraction of sp³-hybridized carbons (Fsp3) is 0.562. The number of nitrogens with two attached hydrogens (primary N) is 1. The summed E-state index contributed by atoms with van der Waals surface area (Å²) in [5.74, 6) is -0.475. The van der Waals surface area contributed by atoms with Crippen LogP contribution in [-0.4, -0.2) is 54.6 Å². The van der Waals surface area contributed by atoms with Gasteiger partial charge in [0.05, 0.1) is 18.6 Å². The highest BCUT2D eigenvalue weighted by Gasteiger charge is 2.53. The lowest BCUT2D eigenvalue weighted by atomic mass is 9.74. The van der Waals surface area contributed by atoms with E-state index < -0.39 is 5.41 Å². The van der Waals surface area contributed by atoms with Gasteiger partial charge in [-0.15, -0.1) is 0 Å². The Kier molecular flexibility index (Phi) is 4.58. The van der Waals surface area contributed by atoms with Gasteiger partial charge < -0.3 is 20.1 Å². The van der Waals surface area contributed by atoms with E-state index in [2.05, 4.69) is 4.98 Å². The molecule has 1 aromatic rings. The van der Waals surface area contributed by atoms with Gasteiger partial charge in [-0.25, -0.2) is 0 Å². The zero-order valence-electron chi connectivity index (χ0n) is 12.9. The first-order valence-electron chi connectivity index (χ1n) is 7.74. The van der Waals surface area contributed by atoms with Crippen LogP contribution in [0.2, 0.25) is 0 Å². The highest BCUT2D eigenvalue weighted by atomic mass is 16.5. The number of rotatable bonds is 5. The van der Waals surface area contributed by atoms with E-state index in [0.717, 1.165) is 5.56 Å². The lowest BCUT2D eigenvalue weighted by molar-refractivity contribution is -0.138. The molecule has 0 spiro atoms. The van der Waals surface area contributed by atoms with Crippen molar-refractivity contribution in [1.82, 2.24) is 9.88 Å². The highest BCUT2D eigenvalue weighted by Crippen LogP contribution is 2.41. The summed E-state index contributed by atoms with van der Waals surface area (Å²) in [7, 11) is 0. The first kappa shape index (κ1) is 15.9. The molecule has 2 aliphatic heterocycles. The van der Waals surface area contributed by atoms with Crippen LogP contribution in [0.1, 0.15) is 12.0 Å². The summed E-state index contributed by atoms with van der Waals surface area (Å²) in [4.78, 5) is 29.9. The molecule has 2 aliphatic rings. The van der Waals surface area contributed by atoms with Gasteiger partial charge >= 0.3 is 0 Å². The third-order valence-electron chi connectivity index (χ3n) is 4.77. The van der Waals surface area contributed by atoms with Crippen LogP contribution in [0.3, 0.4) is 0 Å². The van der Waals surface area contributed by atoms with E-state index in [9.17, 15) is 9.59 Å². The molecule has 0 bridgehead atoms. The van der Waals surface area contributed by atoms with Crippen molar-refractivity contribution in [3.05, 3.63) is 30.1 Å². The Morgan fingerprint density at radius 2 is 2.39 bits per heavy atom. The quantitative estimate of drug-likeness (QED) is 0.821. The second-order valence-electron chi connectivity index (χ2n) is 6.17. The minimum atomic E-state index is -0.642. The molecule has 0 aromatic carbocycles. The molecule has 0 unspecified atom stereocenters. The number of nitrogens with zero attached hydrogens (tertiary/aromatic N) is 2. The second-order valence-corrected chi connectivity index (χ2v) is 6.17. The minimum absolute atomic E-state index is 0.0166. The van der Waals surface area contributed by atoms with Crippen molar-refractivity contribution in [3.8, 4) is 0 Å². The number of carbonyl (C=O) groups excluding carboxylic acids is 2. The molecule has 7 nitrogen and oxygen atoms in total. The van der Waals surface area contributed by atoms with Gasteiger partial charge in [0.25, 0.3) is 0 Å². The molecule has 3 heterocycles. The molecule has 0 radical (unpaired) electrons. The summed E-state index contributed by atoms with van der Waals surface area (Å²) in [6, 6.07) is 3.71. The Balaban J connectivity index is 1.55. The van der Waals surface area contributed by atoms with Crippen molar-refractivity contribution in [2.24, 2.45) is 17.1 Å². The third kappa shape index (κ3) is 3.20. The summed E-state index contributed by atoms with van der Waals surface area (Å²) < 4.78 is 10.9. The topological polar surface area (TPSA) is 94.8 Å². The van der Waals surface area contributed by atoms with E-state index in [1.807, 2.05) is 12.1 Å². The van der Waals surface area contributed by atoms with Crippen molar-refractivity contribution < 1.29 is 19.1 Å². The fourth-order valence-electron chi connectivity index (χ4n) is 3.37. The minimum Gasteiger partial charge on any atom is -0.381 e. The monoisotopic (exact) mass is 319 g/mol. The number of carbonyl (C=O) groups is 2. The van der Waals surface area contributed by atoms with Crippen molar-refractivity contribution in [2.45, 2.75) is 13.0 Å². The van der Waals surface area contributed by atoms with E-state index in [0.29, 0.717) is 39.3 Å². The predicted octanol–water partition coefficient (Wildman–Crippen LogP) is -0.0514. The first-order valence-corrected chi connectivity index (χ1v) is 7.74. The van der Waals surface area contributed by atoms with Gasteiger partial charge in [-0.05, 0) is 18.1 Å². The molecule has 2 N–H and O–H groups in total. The Labute approximate surface area is 134 Å². The summed E-state index contributed by atoms with van der Waals surface area (Å²) in [5, 5.41) is 0. The number of likely N-dealkylation sites (tertiary alicyclic amines) is 1. The maximum absolute atomic E-state index is 12.3. The van der Waals surface area contributed by atoms with Gasteiger partial charge in [-0.3, -0.25) is 14.6 Å². The standard InChI is InChI=1S/C16H21N3O4/c17-15(21)16-3-5-22-9-13(16)7-19(11-16)14(20)10-23-8-12-2-1-4-18-6-12/h1-2,4,6,13H,3,5,7-11H2,(H2,17,21)/t13-,16+/m1/s1. The van der Waals surface area contributed by atoms with Crippen LogP contribution in [0.25, 0.3) is 0 Å². The number of pyridine rings is 1. The molecule has 7 heteroatoms. The molecule has 2 atom stereocenters. The van der Waals surface area contributed by atoms with Crippen LogP contribution in [0, 0.1) is 11.3 Å². The highest BCUT2D eigenvalue weighted by molar-refractivity contribution is 5.85. The zero-order valence-corrected chi connectivity index (χ0v) is 12.9. The smallest absolute Gasteiger partial charge is 0.248 e. The van der Waals surface area contributed by atoms with E-state index in [1.165, 1.54) is 0 Å². The third-order valence-corrected chi connectivity index (χ3v) is 4.77. The van der Waals surface area contributed by atoms with Crippen molar-refractivity contribution in [2.75, 3.05) is 32.9 Å². The summed E-state index contributed by atoms with van der Waals surface area (Å²) in [6.45, 7) is 2.17. The van der Waals surface area contributed by atoms with Gasteiger partial charge in [0.15, 0.2) is 0 Å². The summed E-state index contributed by atoms with van der Waals surface area (Å²) >= 11 is 0. The largest absolute Gasteiger partial charge is 0.381 e. The van der Waals surface area contributed by atoms with Crippen LogP contribution in [0.15, 0.2) is 24.5 Å². The number of hydrogen-bond acceptors (Lipinski definition) is 5. The molecule has 2 amide bonds. The molecule has 2 saturated heterocycles. The van der Waals surface area contributed by atoms with Gasteiger partial charge in [0.1, 0.15) is 6.61 Å². The van der Waals surface area contributed by atoms with Crippen LogP contribution < -0.4 is 5.73 Å². The van der Waals surface area contributed by atoms with Gasteiger partial charge in [-0.2, -0.15) is 0 Å². The number of ether oxygens (including phenoxy) is 2. The van der Waals surface area contributed by atoms with Crippen molar-refractivity contribution in [1.29, 1.82) is 0 Å². The molecule has 23 heavy (non-hydrogen) atoms. The maximum atomic E-state index is 12.3. The number of hydrogen-bond donors (Lipinski definition) is 1. The Bertz CT molecular complexity index is 580. The SMILES string of the molecule is NC(=O)[C@]12CCOC[C@H]1CN(C(=O)COCc1cccnc1)C2. The number of primary amides is 1. The van der Waals surface area contributed by atoms with Gasteiger partial charge in [-0.1, -0.05) is 6.07 Å². The van der Waals surface area contributed by atoms with E-state index in [-0.39, 0.29) is 24.3 Å². The normalized spacial score (nSPS) is 26.8. The molecular formula is C16H21N3O4. The summed E-state index contributed by atoms with van der Waals surface area (Å²) in [6.07, 6.45) is 3.97. The first-order chi connectivity index (χ1) is 11.1. The van der Waals surface area contributed by atoms with E-state index in [4.69, 9.17) is 15.2 Å². The Morgan fingerprint density at radius 1 is 1.52 bits per heavy atom. The summed E-state index contributed by atoms with van der Waals surface area (Å²) in [5.41, 5.74) is 5.88. The van der Waals surface area contributed by atoms with Crippen molar-refractivity contribution in [3.63, 3.8) is 0 Å². The van der Waals surface area contributed by atoms with Crippen molar-refractivity contribution >= 4 is 11.8 Å². The van der Waals surface area contributed by atoms with Gasteiger partial charge in [0, 0.05) is 38.0 Å². The van der Waals surface area contributed by atoms with Crippen LogP contribution in [0.5, 0.6) is 0 Å². The molecule has 3 rings (SSSR count). The number of amides is 2. The maximum Gasteiger partial charge on any atom is 0.248 e. The van der Waals surface area contributed by atoms with Crippen LogP contribution in [-0.2, 0) is 25.7 Å². The lowest BCUT2D eigenvalue weighted by Gasteiger charge is -2.34.